The second kappa shape index (κ2) is 4.63. The lowest BCUT2D eigenvalue weighted by atomic mass is 9.74. The van der Waals surface area contributed by atoms with Crippen LogP contribution in [0.4, 0.5) is 5.69 Å². The highest BCUT2D eigenvalue weighted by Crippen LogP contribution is 2.40. The number of piperidine rings is 1. The molecule has 0 atom stereocenters. The van der Waals surface area contributed by atoms with Crippen molar-refractivity contribution in [2.75, 3.05) is 38.2 Å². The smallest absolute Gasteiger partial charge is 0.137 e. The Morgan fingerprint density at radius 3 is 2.83 bits per heavy atom. The van der Waals surface area contributed by atoms with Gasteiger partial charge in [0, 0.05) is 30.7 Å². The van der Waals surface area contributed by atoms with Gasteiger partial charge in [0.25, 0.3) is 0 Å². The van der Waals surface area contributed by atoms with Crippen molar-refractivity contribution in [1.29, 1.82) is 0 Å². The molecule has 3 nitrogen and oxygen atoms in total. The molecule has 2 heterocycles. The fourth-order valence-corrected chi connectivity index (χ4v) is 3.35. The van der Waals surface area contributed by atoms with Crippen LogP contribution in [0.2, 0.25) is 5.02 Å². The molecule has 0 bridgehead atoms. The number of halogens is 1. The van der Waals surface area contributed by atoms with Crippen molar-refractivity contribution < 1.29 is 4.74 Å². The molecule has 0 radical (unpaired) electrons. The molecule has 1 aromatic carbocycles. The Morgan fingerprint density at radius 1 is 1.39 bits per heavy atom. The number of nitrogens with zero attached hydrogens (tertiary/aromatic N) is 1. The third-order valence-corrected chi connectivity index (χ3v) is 4.41. The zero-order valence-electron chi connectivity index (χ0n) is 10.7. The van der Waals surface area contributed by atoms with E-state index in [1.807, 2.05) is 12.1 Å². The molecular weight excluding hydrogens is 248 g/mol. The van der Waals surface area contributed by atoms with Crippen LogP contribution >= 0.6 is 11.6 Å². The minimum Gasteiger partial charge on any atom is -0.495 e. The quantitative estimate of drug-likeness (QED) is 0.890. The molecular formula is C14H19ClN2O. The first-order chi connectivity index (χ1) is 8.72. The van der Waals surface area contributed by atoms with Crippen LogP contribution in [0.25, 0.3) is 0 Å². The summed E-state index contributed by atoms with van der Waals surface area (Å²) in [5.74, 6) is 0.745. The van der Waals surface area contributed by atoms with Crippen molar-refractivity contribution in [3.63, 3.8) is 0 Å². The van der Waals surface area contributed by atoms with E-state index in [0.717, 1.165) is 25.4 Å². The summed E-state index contributed by atoms with van der Waals surface area (Å²) < 4.78 is 5.18. The van der Waals surface area contributed by atoms with Crippen LogP contribution in [-0.4, -0.2) is 33.3 Å². The Bertz CT molecular complexity index is 435. The lowest BCUT2D eigenvalue weighted by molar-refractivity contribution is 0.157. The molecule has 4 heteroatoms. The van der Waals surface area contributed by atoms with Crippen LogP contribution < -0.4 is 15.0 Å². The minimum absolute atomic E-state index is 0.505. The highest BCUT2D eigenvalue weighted by atomic mass is 35.5. The van der Waals surface area contributed by atoms with E-state index in [1.54, 1.807) is 7.11 Å². The number of rotatable bonds is 2. The van der Waals surface area contributed by atoms with Crippen molar-refractivity contribution in [3.05, 3.63) is 23.2 Å². The summed E-state index contributed by atoms with van der Waals surface area (Å²) in [6.07, 6.45) is 2.65. The summed E-state index contributed by atoms with van der Waals surface area (Å²) in [7, 11) is 1.65. The van der Waals surface area contributed by atoms with Crippen molar-refractivity contribution in [3.8, 4) is 5.75 Å². The maximum Gasteiger partial charge on any atom is 0.137 e. The van der Waals surface area contributed by atoms with Gasteiger partial charge in [-0.1, -0.05) is 11.6 Å². The van der Waals surface area contributed by atoms with Gasteiger partial charge in [0.05, 0.1) is 12.1 Å². The second-order valence-corrected chi connectivity index (χ2v) is 5.86. The number of benzene rings is 1. The predicted molar refractivity (Wildman–Crippen MR) is 74.8 cm³/mol. The molecule has 1 N–H and O–H groups in total. The van der Waals surface area contributed by atoms with Crippen molar-refractivity contribution in [1.82, 2.24) is 5.32 Å². The highest BCUT2D eigenvalue weighted by molar-refractivity contribution is 6.32. The summed E-state index contributed by atoms with van der Waals surface area (Å²) in [6, 6.07) is 6.04. The lowest BCUT2D eigenvalue weighted by Gasteiger charge is -2.53. The molecule has 2 saturated heterocycles. The zero-order valence-corrected chi connectivity index (χ0v) is 11.5. The van der Waals surface area contributed by atoms with Crippen LogP contribution in [0, 0.1) is 5.41 Å². The molecule has 0 saturated carbocycles. The van der Waals surface area contributed by atoms with Crippen LogP contribution in [-0.2, 0) is 0 Å². The van der Waals surface area contributed by atoms with Gasteiger partial charge >= 0.3 is 0 Å². The van der Waals surface area contributed by atoms with E-state index in [9.17, 15) is 0 Å². The van der Waals surface area contributed by atoms with Gasteiger partial charge in [0.2, 0.25) is 0 Å². The Balaban J connectivity index is 1.69. The average molecular weight is 267 g/mol. The summed E-state index contributed by atoms with van der Waals surface area (Å²) in [5, 5.41) is 4.20. The van der Waals surface area contributed by atoms with Gasteiger partial charge in [-0.2, -0.15) is 0 Å². The Labute approximate surface area is 113 Å². The molecule has 2 aliphatic rings. The SMILES string of the molecule is COc1ccc(N2CC3(CCCNC3)C2)cc1Cl. The van der Waals surface area contributed by atoms with E-state index >= 15 is 0 Å². The molecule has 1 spiro atoms. The van der Waals surface area contributed by atoms with E-state index < -0.39 is 0 Å². The molecule has 98 valence electrons. The predicted octanol–water partition coefficient (Wildman–Crippen LogP) is 2.54. The molecule has 1 aromatic rings. The minimum atomic E-state index is 0.505. The van der Waals surface area contributed by atoms with Gasteiger partial charge in [-0.3, -0.25) is 0 Å². The maximum absolute atomic E-state index is 6.17. The normalized spacial score (nSPS) is 21.8. The standard InChI is InChI=1S/C14H19ClN2O/c1-18-13-4-3-11(7-12(13)15)17-9-14(10-17)5-2-6-16-8-14/h3-4,7,16H,2,5-6,8-10H2,1H3. The van der Waals surface area contributed by atoms with Crippen LogP contribution in [0.1, 0.15) is 12.8 Å². The Kier molecular flexibility index (Phi) is 3.12. The Hall–Kier alpha value is -0.930. The van der Waals surface area contributed by atoms with Crippen LogP contribution in [0.15, 0.2) is 18.2 Å². The van der Waals surface area contributed by atoms with Gasteiger partial charge in [-0.25, -0.2) is 0 Å². The number of hydrogen-bond acceptors (Lipinski definition) is 3. The van der Waals surface area contributed by atoms with E-state index in [0.29, 0.717) is 10.4 Å². The third-order valence-electron chi connectivity index (χ3n) is 4.11. The number of ether oxygens (including phenoxy) is 1. The molecule has 18 heavy (non-hydrogen) atoms. The number of nitrogens with one attached hydrogen (secondary N) is 1. The maximum atomic E-state index is 6.17. The molecule has 2 fully saturated rings. The van der Waals surface area contributed by atoms with Crippen molar-refractivity contribution in [2.24, 2.45) is 5.41 Å². The summed E-state index contributed by atoms with van der Waals surface area (Å²) >= 11 is 6.17. The van der Waals surface area contributed by atoms with Gasteiger partial charge in [0.15, 0.2) is 0 Å². The first-order valence-electron chi connectivity index (χ1n) is 6.52. The topological polar surface area (TPSA) is 24.5 Å². The van der Waals surface area contributed by atoms with E-state index in [1.165, 1.54) is 25.1 Å². The highest BCUT2D eigenvalue weighted by Gasteiger charge is 2.43. The number of hydrogen-bond donors (Lipinski definition) is 1. The first-order valence-corrected chi connectivity index (χ1v) is 6.89. The average Bonchev–Trinajstić information content (AvgIpc) is 2.37. The van der Waals surface area contributed by atoms with Gasteiger partial charge in [-0.05, 0) is 37.6 Å². The summed E-state index contributed by atoms with van der Waals surface area (Å²) in [4.78, 5) is 2.40. The fraction of sp³-hybridized carbons (Fsp3) is 0.571. The largest absolute Gasteiger partial charge is 0.495 e. The third kappa shape index (κ3) is 2.06. The first kappa shape index (κ1) is 12.1. The Morgan fingerprint density at radius 2 is 2.22 bits per heavy atom. The summed E-state index contributed by atoms with van der Waals surface area (Å²) in [6.45, 7) is 4.62. The molecule has 0 aromatic heterocycles. The molecule has 3 rings (SSSR count). The molecule has 2 aliphatic heterocycles. The lowest BCUT2D eigenvalue weighted by Crippen LogP contribution is -2.62. The van der Waals surface area contributed by atoms with Gasteiger partial charge in [0.1, 0.15) is 5.75 Å². The van der Waals surface area contributed by atoms with Gasteiger partial charge < -0.3 is 15.0 Å². The van der Waals surface area contributed by atoms with Crippen molar-refractivity contribution >= 4 is 17.3 Å². The monoisotopic (exact) mass is 266 g/mol. The summed E-state index contributed by atoms with van der Waals surface area (Å²) in [5.41, 5.74) is 1.71. The molecule has 0 aliphatic carbocycles. The van der Waals surface area contributed by atoms with E-state index in [2.05, 4.69) is 16.3 Å². The second-order valence-electron chi connectivity index (χ2n) is 5.46. The van der Waals surface area contributed by atoms with E-state index in [-0.39, 0.29) is 0 Å². The number of anilines is 1. The molecule has 0 unspecified atom stereocenters. The van der Waals surface area contributed by atoms with Crippen LogP contribution in [0.3, 0.4) is 0 Å². The van der Waals surface area contributed by atoms with E-state index in [4.69, 9.17) is 16.3 Å². The van der Waals surface area contributed by atoms with Gasteiger partial charge in [-0.15, -0.1) is 0 Å². The zero-order chi connectivity index (χ0) is 12.6. The number of methoxy groups -OCH3 is 1. The molecule has 0 amide bonds. The van der Waals surface area contributed by atoms with Crippen LogP contribution in [0.5, 0.6) is 5.75 Å². The van der Waals surface area contributed by atoms with Crippen molar-refractivity contribution in [2.45, 2.75) is 12.8 Å². The fourth-order valence-electron chi connectivity index (χ4n) is 3.10.